The summed E-state index contributed by atoms with van der Waals surface area (Å²) >= 11 is 2.75. The predicted octanol–water partition coefficient (Wildman–Crippen LogP) is 4.51. The van der Waals surface area contributed by atoms with Gasteiger partial charge < -0.3 is 4.42 Å². The van der Waals surface area contributed by atoms with Crippen LogP contribution < -0.4 is 5.32 Å². The Balaban J connectivity index is 1.41. The van der Waals surface area contributed by atoms with E-state index in [1.165, 1.54) is 47.4 Å². The van der Waals surface area contributed by atoms with E-state index in [0.717, 1.165) is 11.3 Å². The largest absolute Gasteiger partial charge is 0.439 e. The molecule has 152 valence electrons. The van der Waals surface area contributed by atoms with Crippen LogP contribution in [0, 0.1) is 0 Å². The molecule has 0 fully saturated rings. The fourth-order valence-electron chi connectivity index (χ4n) is 2.50. The Hall–Kier alpha value is -2.95. The van der Waals surface area contributed by atoms with E-state index >= 15 is 0 Å². The highest BCUT2D eigenvalue weighted by Crippen LogP contribution is 2.29. The molecule has 0 aliphatic carbocycles. The van der Waals surface area contributed by atoms with Crippen LogP contribution in [0.5, 0.6) is 0 Å². The van der Waals surface area contributed by atoms with Gasteiger partial charge in [0.15, 0.2) is 10.1 Å². The Bertz CT molecular complexity index is 1250. The normalized spacial score (nSPS) is 11.3. The smallest absolute Gasteiger partial charge is 0.293 e. The van der Waals surface area contributed by atoms with Gasteiger partial charge in [0.05, 0.1) is 4.90 Å². The number of hydrogen-bond acceptors (Lipinski definition) is 8. The topological polar surface area (TPSA) is 102 Å². The molecule has 7 nitrogen and oxygen atoms in total. The molecule has 2 heterocycles. The molecule has 0 aliphatic rings. The monoisotopic (exact) mass is 457 g/mol. The van der Waals surface area contributed by atoms with Crippen molar-refractivity contribution in [1.29, 1.82) is 0 Å². The molecule has 0 spiro atoms. The highest BCUT2D eigenvalue weighted by Gasteiger charge is 2.23. The Labute approximate surface area is 181 Å². The first-order valence-electron chi connectivity index (χ1n) is 8.74. The average Bonchev–Trinajstić information content (AvgIpc) is 3.44. The minimum atomic E-state index is -3.83. The van der Waals surface area contributed by atoms with Crippen molar-refractivity contribution >= 4 is 44.0 Å². The SMILES string of the molecule is O=C(Nc1nnc(SCc2ccccc2)s1)c1ccc(S(=O)(=O)c2ccccc2)o1. The fourth-order valence-corrected chi connectivity index (χ4v) is 5.40. The van der Waals surface area contributed by atoms with E-state index in [1.807, 2.05) is 30.3 Å². The first-order valence-corrected chi connectivity index (χ1v) is 12.0. The van der Waals surface area contributed by atoms with Crippen LogP contribution in [0.4, 0.5) is 5.13 Å². The summed E-state index contributed by atoms with van der Waals surface area (Å²) in [5, 5.41) is 10.6. The van der Waals surface area contributed by atoms with Gasteiger partial charge in [-0.15, -0.1) is 10.2 Å². The standard InChI is InChI=1S/C20H15N3O4S3/c24-18(16-11-12-17(27-16)30(25,26)15-9-5-2-6-10-15)21-19-22-23-20(29-19)28-13-14-7-3-1-4-8-14/h1-12H,13H2,(H,21,22,24). The van der Waals surface area contributed by atoms with Gasteiger partial charge in [-0.3, -0.25) is 10.1 Å². The van der Waals surface area contributed by atoms with Crippen molar-refractivity contribution in [3.8, 4) is 0 Å². The highest BCUT2D eigenvalue weighted by molar-refractivity contribution is 8.00. The molecule has 4 rings (SSSR count). The van der Waals surface area contributed by atoms with Crippen molar-refractivity contribution < 1.29 is 17.6 Å². The minimum absolute atomic E-state index is 0.0931. The van der Waals surface area contributed by atoms with E-state index in [2.05, 4.69) is 15.5 Å². The first kappa shape index (κ1) is 20.3. The van der Waals surface area contributed by atoms with Gasteiger partial charge in [0, 0.05) is 5.75 Å². The molecule has 0 atom stereocenters. The lowest BCUT2D eigenvalue weighted by Gasteiger charge is -2.01. The van der Waals surface area contributed by atoms with Gasteiger partial charge in [0.1, 0.15) is 0 Å². The van der Waals surface area contributed by atoms with Gasteiger partial charge in [0.25, 0.3) is 5.91 Å². The quantitative estimate of drug-likeness (QED) is 0.322. The van der Waals surface area contributed by atoms with Gasteiger partial charge in [-0.25, -0.2) is 8.42 Å². The molecule has 0 saturated carbocycles. The van der Waals surface area contributed by atoms with Crippen molar-refractivity contribution in [2.45, 2.75) is 20.1 Å². The molecule has 0 bridgehead atoms. The van der Waals surface area contributed by atoms with Gasteiger partial charge in [-0.05, 0) is 29.8 Å². The van der Waals surface area contributed by atoms with E-state index in [4.69, 9.17) is 4.42 Å². The summed E-state index contributed by atoms with van der Waals surface area (Å²) in [6.07, 6.45) is 0. The highest BCUT2D eigenvalue weighted by atomic mass is 32.2. The molecule has 0 saturated heterocycles. The number of aromatic nitrogens is 2. The van der Waals surface area contributed by atoms with Gasteiger partial charge in [-0.2, -0.15) is 0 Å². The van der Waals surface area contributed by atoms with Crippen molar-refractivity contribution in [3.63, 3.8) is 0 Å². The molecule has 2 aromatic heterocycles. The summed E-state index contributed by atoms with van der Waals surface area (Å²) in [7, 11) is -3.83. The Morgan fingerprint density at radius 1 is 0.967 bits per heavy atom. The number of thioether (sulfide) groups is 1. The lowest BCUT2D eigenvalue weighted by molar-refractivity contribution is 0.0991. The predicted molar refractivity (Wildman–Crippen MR) is 114 cm³/mol. The molecule has 0 aliphatic heterocycles. The third kappa shape index (κ3) is 4.61. The zero-order chi connectivity index (χ0) is 21.0. The summed E-state index contributed by atoms with van der Waals surface area (Å²) in [6.45, 7) is 0. The first-order chi connectivity index (χ1) is 14.5. The minimum Gasteiger partial charge on any atom is -0.439 e. The number of nitrogens with one attached hydrogen (secondary N) is 1. The summed E-state index contributed by atoms with van der Waals surface area (Å²) in [4.78, 5) is 12.5. The van der Waals surface area contributed by atoms with Crippen molar-refractivity contribution in [2.24, 2.45) is 0 Å². The van der Waals surface area contributed by atoms with E-state index < -0.39 is 15.7 Å². The lowest BCUT2D eigenvalue weighted by atomic mass is 10.2. The number of carbonyl (C=O) groups is 1. The molecule has 1 amide bonds. The van der Waals surface area contributed by atoms with Crippen LogP contribution in [-0.2, 0) is 15.6 Å². The third-order valence-corrected chi connectivity index (χ3v) is 7.64. The average molecular weight is 458 g/mol. The number of furan rings is 1. The number of anilines is 1. The maximum atomic E-state index is 12.6. The summed E-state index contributed by atoms with van der Waals surface area (Å²) in [5.41, 5.74) is 1.16. The third-order valence-electron chi connectivity index (χ3n) is 3.96. The maximum absolute atomic E-state index is 12.6. The molecule has 2 aromatic carbocycles. The zero-order valence-corrected chi connectivity index (χ0v) is 17.8. The maximum Gasteiger partial charge on any atom is 0.293 e. The van der Waals surface area contributed by atoms with Crippen LogP contribution in [0.2, 0.25) is 0 Å². The zero-order valence-electron chi connectivity index (χ0n) is 15.4. The molecular formula is C20H15N3O4S3. The van der Waals surface area contributed by atoms with E-state index in [9.17, 15) is 13.2 Å². The number of hydrogen-bond donors (Lipinski definition) is 1. The molecule has 4 aromatic rings. The molecule has 10 heteroatoms. The van der Waals surface area contributed by atoms with Crippen molar-refractivity contribution in [3.05, 3.63) is 84.1 Å². The van der Waals surface area contributed by atoms with Crippen LogP contribution in [0.15, 0.2) is 91.5 Å². The summed E-state index contributed by atoms with van der Waals surface area (Å²) in [5.74, 6) is 0.0148. The lowest BCUT2D eigenvalue weighted by Crippen LogP contribution is -2.10. The van der Waals surface area contributed by atoms with Crippen molar-refractivity contribution in [2.75, 3.05) is 5.32 Å². The van der Waals surface area contributed by atoms with E-state index in [1.54, 1.807) is 18.2 Å². The number of benzene rings is 2. The molecule has 0 radical (unpaired) electrons. The number of nitrogens with zero attached hydrogens (tertiary/aromatic N) is 2. The van der Waals surface area contributed by atoms with Gasteiger partial charge in [0.2, 0.25) is 20.1 Å². The summed E-state index contributed by atoms with van der Waals surface area (Å²) in [6, 6.07) is 20.4. The second-order valence-corrected chi connectivity index (χ2v) is 10.1. The molecule has 1 N–H and O–H groups in total. The van der Waals surface area contributed by atoms with Crippen LogP contribution in [0.3, 0.4) is 0 Å². The van der Waals surface area contributed by atoms with Crippen LogP contribution in [0.1, 0.15) is 16.1 Å². The van der Waals surface area contributed by atoms with Crippen molar-refractivity contribution in [1.82, 2.24) is 10.2 Å². The fraction of sp³-hybridized carbons (Fsp3) is 0.0500. The van der Waals surface area contributed by atoms with Crippen LogP contribution in [0.25, 0.3) is 0 Å². The molecular weight excluding hydrogens is 442 g/mol. The number of sulfone groups is 1. The second kappa shape index (κ2) is 8.82. The number of carbonyl (C=O) groups excluding carboxylic acids is 1. The Morgan fingerprint density at radius 3 is 2.40 bits per heavy atom. The summed E-state index contributed by atoms with van der Waals surface area (Å²) < 4.78 is 31.2. The number of amides is 1. The van der Waals surface area contributed by atoms with E-state index in [-0.39, 0.29) is 15.7 Å². The molecule has 0 unspecified atom stereocenters. The van der Waals surface area contributed by atoms with Crippen LogP contribution in [-0.4, -0.2) is 24.5 Å². The van der Waals surface area contributed by atoms with Gasteiger partial charge >= 0.3 is 0 Å². The second-order valence-electron chi connectivity index (χ2n) is 6.04. The Kier molecular flexibility index (Phi) is 5.98. The number of rotatable bonds is 7. The van der Waals surface area contributed by atoms with Crippen LogP contribution >= 0.6 is 23.1 Å². The molecule has 30 heavy (non-hydrogen) atoms. The van der Waals surface area contributed by atoms with Gasteiger partial charge in [-0.1, -0.05) is 71.6 Å². The Morgan fingerprint density at radius 2 is 1.67 bits per heavy atom. The van der Waals surface area contributed by atoms with E-state index in [0.29, 0.717) is 9.47 Å².